The number of hydrogen-bond donors (Lipinski definition) is 0. The average molecular weight is 222 g/mol. The third kappa shape index (κ3) is 8.82. The van der Waals surface area contributed by atoms with Gasteiger partial charge in [-0.25, -0.2) is 0 Å². The molecule has 0 bridgehead atoms. The van der Waals surface area contributed by atoms with Crippen molar-refractivity contribution in [3.05, 3.63) is 0 Å². The normalized spacial score (nSPS) is 0.750. The first kappa shape index (κ1) is 16.0. The molecule has 0 amide bonds. The third-order valence-corrected chi connectivity index (χ3v) is 0. The summed E-state index contributed by atoms with van der Waals surface area (Å²) in [5.41, 5.74) is 0. The van der Waals surface area contributed by atoms with E-state index >= 15 is 0 Å². The molecule has 0 aliphatic carbocycles. The van der Waals surface area contributed by atoms with Crippen molar-refractivity contribution in [3.63, 3.8) is 0 Å². The standard InChI is InChI=1S/Mg.O.Y.Zr.2H/q+2;;;;2*-1. The minimum Gasteiger partial charge on any atom is 0 e. The first-order valence-electron chi connectivity index (χ1n) is 0.204. The summed E-state index contributed by atoms with van der Waals surface area (Å²) in [5.74, 6) is 0. The Bertz CT molecular complexity index is 13.5. The molecule has 0 N–H and O–H groups in total. The molecule has 0 fully saturated rings. The van der Waals surface area contributed by atoms with Crippen LogP contribution in [-0.4, -0.2) is 23.1 Å². The van der Waals surface area contributed by atoms with Gasteiger partial charge in [0.2, 0.25) is 0 Å². The van der Waals surface area contributed by atoms with Gasteiger partial charge in [-0.1, -0.05) is 0 Å². The van der Waals surface area contributed by atoms with E-state index < -0.39 is 0 Å². The van der Waals surface area contributed by atoms with Crippen molar-refractivity contribution in [2.24, 2.45) is 0 Å². The molecule has 0 aromatic rings. The zero-order chi connectivity index (χ0) is 2.00. The fourth-order valence-corrected chi connectivity index (χ4v) is 0. The molecule has 0 aromatic heterocycles. The van der Waals surface area contributed by atoms with Gasteiger partial charge in [-0.15, -0.1) is 0 Å². The zero-order valence-electron chi connectivity index (χ0n) is 4.19. The molecule has 1 radical (unpaired) electrons. The van der Waals surface area contributed by atoms with Crippen LogP contribution in [0.5, 0.6) is 0 Å². The van der Waals surface area contributed by atoms with Crippen LogP contribution in [-0.2, 0) is 60.2 Å². The third-order valence-electron chi connectivity index (χ3n) is 0. The van der Waals surface area contributed by atoms with E-state index in [4.69, 9.17) is 2.81 Å². The topological polar surface area (TPSA) is 17.1 Å². The van der Waals surface area contributed by atoms with Gasteiger partial charge < -0.3 is 2.85 Å². The van der Waals surface area contributed by atoms with Gasteiger partial charge in [-0.3, -0.25) is 0 Å². The van der Waals surface area contributed by atoms with Crippen LogP contribution in [0.1, 0.15) is 2.85 Å². The van der Waals surface area contributed by atoms with Crippen molar-refractivity contribution in [2.45, 2.75) is 0 Å². The molecule has 0 aliphatic heterocycles. The van der Waals surface area contributed by atoms with Crippen LogP contribution in [0.4, 0.5) is 0 Å². The summed E-state index contributed by atoms with van der Waals surface area (Å²) in [7, 11) is 0. The van der Waals surface area contributed by atoms with Crippen LogP contribution < -0.4 is 0 Å². The van der Waals surface area contributed by atoms with Crippen LogP contribution in [0.3, 0.4) is 0 Å². The molecule has 0 spiro atoms. The Balaban J connectivity index is -0.000000000833. The van der Waals surface area contributed by atoms with Gasteiger partial charge in [0, 0.05) is 32.7 Å². The van der Waals surface area contributed by atoms with Crippen molar-refractivity contribution in [2.75, 3.05) is 0 Å². The van der Waals surface area contributed by atoms with Crippen LogP contribution in [0.25, 0.3) is 0 Å². The van der Waals surface area contributed by atoms with Crippen LogP contribution >= 0.6 is 0 Å². The quantitative estimate of drug-likeness (QED) is 0.515. The summed E-state index contributed by atoms with van der Waals surface area (Å²) in [6, 6.07) is 0. The minimum atomic E-state index is 0. The van der Waals surface area contributed by atoms with Gasteiger partial charge in [0.15, 0.2) is 0 Å². The molecular weight excluding hydrogens is 220 g/mol. The van der Waals surface area contributed by atoms with E-state index in [0.29, 0.717) is 24.7 Å². The minimum absolute atomic E-state index is 0. The number of hydrogen-bond acceptors (Lipinski definition) is 1. The van der Waals surface area contributed by atoms with E-state index in [9.17, 15) is 0 Å². The second-order valence-corrected chi connectivity index (χ2v) is 0. The molecule has 0 unspecified atom stereocenters. The Labute approximate surface area is 84.6 Å². The molecule has 4 heteroatoms. The zero-order valence-corrected chi connectivity index (χ0v) is 8.90. The molecule has 0 rings (SSSR count). The van der Waals surface area contributed by atoms with E-state index in [1.807, 2.05) is 0 Å². The Morgan fingerprint density at radius 3 is 1.50 bits per heavy atom. The Hall–Kier alpha value is 2.55. The Morgan fingerprint density at radius 1 is 1.50 bits per heavy atom. The van der Waals surface area contributed by atoms with Crippen molar-refractivity contribution < 1.29 is 63.1 Å². The molecule has 0 saturated heterocycles. The summed E-state index contributed by atoms with van der Waals surface area (Å²) in [4.78, 5) is 0. The molecule has 0 aliphatic rings. The molecule has 1 nitrogen and oxygen atoms in total. The van der Waals surface area contributed by atoms with E-state index in [2.05, 4.69) is 0 Å². The Kier molecular flexibility index (Phi) is 70.7. The molecule has 0 heterocycles. The molecular formula is H2MgOYZr. The summed E-state index contributed by atoms with van der Waals surface area (Å²) in [5, 5.41) is 0. The summed E-state index contributed by atoms with van der Waals surface area (Å²) < 4.78 is 8.34. The largest absolute Gasteiger partial charge is 0 e. The predicted molar refractivity (Wildman–Crippen MR) is 8.66 cm³/mol. The van der Waals surface area contributed by atoms with Gasteiger partial charge in [-0.2, -0.15) is 0 Å². The average Bonchev–Trinajstić information content (AvgIpc) is 1.00. The fraction of sp³-hybridized carbons (Fsp3) is 0. The van der Waals surface area contributed by atoms with E-state index in [-0.39, 0.29) is 58.6 Å². The van der Waals surface area contributed by atoms with Gasteiger partial charge in [-0.05, 0) is 0 Å². The van der Waals surface area contributed by atoms with Crippen molar-refractivity contribution in [1.82, 2.24) is 0 Å². The number of rotatable bonds is 0. The predicted octanol–water partition coefficient (Wildman–Crippen LogP) is -0.280. The fourth-order valence-electron chi connectivity index (χ4n) is 0. The van der Waals surface area contributed by atoms with Gasteiger partial charge in [0.05, 0.1) is 0 Å². The van der Waals surface area contributed by atoms with E-state index in [1.54, 1.807) is 0 Å². The maximum absolute atomic E-state index is 8.34. The van der Waals surface area contributed by atoms with Gasteiger partial charge in [0.25, 0.3) is 0 Å². The first-order valence-corrected chi connectivity index (χ1v) is 1.21. The Morgan fingerprint density at radius 2 is 1.50 bits per heavy atom. The van der Waals surface area contributed by atoms with Crippen molar-refractivity contribution in [1.29, 1.82) is 0 Å². The maximum atomic E-state index is 8.34. The smallest absolute Gasteiger partial charge is 0 e. The van der Waals surface area contributed by atoms with Crippen LogP contribution in [0.15, 0.2) is 0 Å². The SMILES string of the molecule is [H-].[H-].[Mg+2].[O]=[Zr].[Y]. The molecule has 0 atom stereocenters. The molecule has 0 saturated carbocycles. The molecule has 4 heavy (non-hydrogen) atoms. The van der Waals surface area contributed by atoms with Crippen LogP contribution in [0, 0.1) is 0 Å². The van der Waals surface area contributed by atoms with Crippen LogP contribution in [0.2, 0.25) is 0 Å². The summed E-state index contributed by atoms with van der Waals surface area (Å²) >= 11 is 0.300. The maximum Gasteiger partial charge on any atom is 0 e. The summed E-state index contributed by atoms with van der Waals surface area (Å²) in [6.07, 6.45) is 0. The summed E-state index contributed by atoms with van der Waals surface area (Å²) in [6.45, 7) is 0. The van der Waals surface area contributed by atoms with Crippen molar-refractivity contribution in [3.8, 4) is 0 Å². The van der Waals surface area contributed by atoms with Crippen molar-refractivity contribution >= 4 is 23.1 Å². The second kappa shape index (κ2) is 17.7. The monoisotopic (exact) mass is 221 g/mol. The second-order valence-electron chi connectivity index (χ2n) is 0. The molecule has 0 aromatic carbocycles. The first-order chi connectivity index (χ1) is 1.00. The van der Waals surface area contributed by atoms with E-state index in [1.165, 1.54) is 0 Å². The van der Waals surface area contributed by atoms with Gasteiger partial charge >= 0.3 is 50.6 Å². The van der Waals surface area contributed by atoms with Gasteiger partial charge in [0.1, 0.15) is 0 Å². The van der Waals surface area contributed by atoms with E-state index in [0.717, 1.165) is 0 Å². The molecule has 17 valence electrons.